The van der Waals surface area contributed by atoms with Crippen molar-refractivity contribution in [1.82, 2.24) is 9.88 Å². The number of aromatic amines is 1. The molecule has 1 amide bonds. The Hall–Kier alpha value is -2.74. The largest absolute Gasteiger partial charge is 0.457 e. The van der Waals surface area contributed by atoms with E-state index >= 15 is 0 Å². The van der Waals surface area contributed by atoms with Gasteiger partial charge >= 0.3 is 5.97 Å². The van der Waals surface area contributed by atoms with Crippen LogP contribution in [0.2, 0.25) is 0 Å². The Morgan fingerprint density at radius 2 is 1.90 bits per heavy atom. The fraction of sp³-hybridized carbons (Fsp3) is 0.429. The maximum atomic E-state index is 12.4. The summed E-state index contributed by atoms with van der Waals surface area (Å²) in [6, 6.07) is 3.63. The molecule has 0 unspecified atom stereocenters. The lowest BCUT2D eigenvalue weighted by Gasteiger charge is -2.30. The quantitative estimate of drug-likeness (QED) is 0.576. The Bertz CT molecular complexity index is 937. The molecule has 0 saturated carbocycles. The van der Waals surface area contributed by atoms with Gasteiger partial charge in [0.25, 0.3) is 5.91 Å². The van der Waals surface area contributed by atoms with Gasteiger partial charge in [0.15, 0.2) is 12.4 Å². The summed E-state index contributed by atoms with van der Waals surface area (Å²) in [5.41, 5.74) is 2.02. The number of hydrogen-bond acceptors (Lipinski definition) is 6. The Balaban J connectivity index is 1.52. The number of nitrogens with one attached hydrogen (secondary N) is 1. The Morgan fingerprint density at radius 3 is 2.45 bits per heavy atom. The maximum absolute atomic E-state index is 12.4. The number of likely N-dealkylation sites (tertiary alicyclic amines) is 1. The number of rotatable bonds is 6. The zero-order chi connectivity index (χ0) is 21.1. The Labute approximate surface area is 173 Å². The first-order valence-corrected chi connectivity index (χ1v) is 10.4. The molecule has 0 aromatic carbocycles. The van der Waals surface area contributed by atoms with Crippen LogP contribution in [0.5, 0.6) is 0 Å². The van der Waals surface area contributed by atoms with Crippen LogP contribution in [0.4, 0.5) is 0 Å². The van der Waals surface area contributed by atoms with E-state index in [0.29, 0.717) is 53.3 Å². The highest BCUT2D eigenvalue weighted by Gasteiger charge is 2.30. The molecular weight excluding hydrogens is 392 g/mol. The summed E-state index contributed by atoms with van der Waals surface area (Å²) in [5, 5.41) is 1.86. The lowest BCUT2D eigenvalue weighted by atomic mass is 9.97. The number of carbonyl (C=O) groups is 4. The van der Waals surface area contributed by atoms with E-state index in [1.54, 1.807) is 24.8 Å². The Kier molecular flexibility index (Phi) is 6.32. The second kappa shape index (κ2) is 8.73. The van der Waals surface area contributed by atoms with Crippen molar-refractivity contribution >= 4 is 34.8 Å². The van der Waals surface area contributed by atoms with Crippen LogP contribution in [-0.2, 0) is 9.53 Å². The molecule has 8 heteroatoms. The fourth-order valence-electron chi connectivity index (χ4n) is 3.76. The third kappa shape index (κ3) is 4.48. The van der Waals surface area contributed by atoms with Crippen LogP contribution in [-0.4, -0.2) is 53.0 Å². The monoisotopic (exact) mass is 416 g/mol. The molecule has 154 valence electrons. The molecule has 0 atom stereocenters. The summed E-state index contributed by atoms with van der Waals surface area (Å²) in [6.45, 7) is 5.49. The minimum Gasteiger partial charge on any atom is -0.457 e. The minimum atomic E-state index is -0.422. The predicted octanol–water partition coefficient (Wildman–Crippen LogP) is 3.17. The molecule has 7 nitrogen and oxygen atoms in total. The predicted molar refractivity (Wildman–Crippen MR) is 109 cm³/mol. The molecule has 2 aromatic rings. The van der Waals surface area contributed by atoms with Crippen molar-refractivity contribution in [2.75, 3.05) is 19.7 Å². The molecule has 29 heavy (non-hydrogen) atoms. The van der Waals surface area contributed by atoms with Crippen molar-refractivity contribution in [3.8, 4) is 0 Å². The highest BCUT2D eigenvalue weighted by atomic mass is 32.1. The highest BCUT2D eigenvalue weighted by Crippen LogP contribution is 2.23. The summed E-state index contributed by atoms with van der Waals surface area (Å²) in [6.07, 6.45) is 1.03. The first kappa shape index (κ1) is 21.0. The third-order valence-corrected chi connectivity index (χ3v) is 6.12. The van der Waals surface area contributed by atoms with Crippen LogP contribution in [0.1, 0.15) is 61.5 Å². The summed E-state index contributed by atoms with van der Waals surface area (Å²) >= 11 is 1.40. The average molecular weight is 416 g/mol. The van der Waals surface area contributed by atoms with Crippen molar-refractivity contribution in [1.29, 1.82) is 0 Å². The molecule has 1 fully saturated rings. The lowest BCUT2D eigenvalue weighted by Crippen LogP contribution is -2.40. The molecule has 0 aliphatic carbocycles. The molecular formula is C21H24N2O5S. The van der Waals surface area contributed by atoms with Gasteiger partial charge in [-0.25, -0.2) is 0 Å². The molecule has 3 heterocycles. The lowest BCUT2D eigenvalue weighted by molar-refractivity contribution is -0.148. The number of H-pyrrole nitrogens is 1. The van der Waals surface area contributed by atoms with Gasteiger partial charge in [-0.15, -0.1) is 11.3 Å². The number of Topliss-reactive ketones (excluding diaryl/α,β-unsaturated/α-hetero) is 2. The molecule has 1 N–H and O–H groups in total. The second-order valence-electron chi connectivity index (χ2n) is 7.26. The van der Waals surface area contributed by atoms with Gasteiger partial charge in [-0.1, -0.05) is 6.07 Å². The average Bonchev–Trinajstić information content (AvgIpc) is 3.33. The van der Waals surface area contributed by atoms with Crippen molar-refractivity contribution in [3.63, 3.8) is 0 Å². The van der Waals surface area contributed by atoms with Crippen LogP contribution in [0.3, 0.4) is 0 Å². The number of amides is 1. The van der Waals surface area contributed by atoms with Crippen LogP contribution in [0.25, 0.3) is 0 Å². The van der Waals surface area contributed by atoms with E-state index in [1.807, 2.05) is 11.4 Å². The van der Waals surface area contributed by atoms with Gasteiger partial charge in [-0.05, 0) is 50.6 Å². The molecule has 1 aliphatic rings. The minimum absolute atomic E-state index is 0.0131. The third-order valence-electron chi connectivity index (χ3n) is 5.26. The number of thiophene rings is 1. The van der Waals surface area contributed by atoms with Crippen molar-refractivity contribution in [2.45, 2.75) is 33.6 Å². The van der Waals surface area contributed by atoms with E-state index in [-0.39, 0.29) is 30.0 Å². The van der Waals surface area contributed by atoms with Gasteiger partial charge in [0.1, 0.15) is 0 Å². The number of carbonyl (C=O) groups excluding carboxylic acids is 4. The normalized spacial score (nSPS) is 14.7. The summed E-state index contributed by atoms with van der Waals surface area (Å²) in [4.78, 5) is 54.2. The van der Waals surface area contributed by atoms with Crippen molar-refractivity contribution in [2.24, 2.45) is 5.92 Å². The van der Waals surface area contributed by atoms with Crippen LogP contribution < -0.4 is 0 Å². The van der Waals surface area contributed by atoms with Crippen molar-refractivity contribution in [3.05, 3.63) is 44.9 Å². The van der Waals surface area contributed by atoms with Crippen LogP contribution in [0.15, 0.2) is 17.5 Å². The van der Waals surface area contributed by atoms with Crippen LogP contribution in [0, 0.1) is 19.8 Å². The number of ketones is 2. The summed E-state index contributed by atoms with van der Waals surface area (Å²) in [7, 11) is 0. The second-order valence-corrected chi connectivity index (χ2v) is 8.20. The van der Waals surface area contributed by atoms with Gasteiger partial charge in [0.05, 0.1) is 16.5 Å². The molecule has 1 aliphatic heterocycles. The zero-order valence-corrected chi connectivity index (χ0v) is 17.6. The number of hydrogen-bond donors (Lipinski definition) is 1. The van der Waals surface area contributed by atoms with Crippen LogP contribution >= 0.6 is 11.3 Å². The number of aromatic nitrogens is 1. The highest BCUT2D eigenvalue weighted by molar-refractivity contribution is 7.12. The first-order valence-electron chi connectivity index (χ1n) is 9.52. The first-order chi connectivity index (χ1) is 13.8. The Morgan fingerprint density at radius 1 is 1.21 bits per heavy atom. The molecule has 0 radical (unpaired) electrons. The van der Waals surface area contributed by atoms with Gasteiger partial charge in [-0.2, -0.15) is 0 Å². The number of nitrogens with zero attached hydrogens (tertiary/aromatic N) is 1. The van der Waals surface area contributed by atoms with E-state index in [4.69, 9.17) is 4.74 Å². The summed E-state index contributed by atoms with van der Waals surface area (Å²) in [5.74, 6) is -1.24. The summed E-state index contributed by atoms with van der Waals surface area (Å²) < 4.78 is 5.24. The van der Waals surface area contributed by atoms with Gasteiger partial charge < -0.3 is 14.6 Å². The number of piperidine rings is 1. The van der Waals surface area contributed by atoms with Crippen molar-refractivity contribution < 1.29 is 23.9 Å². The molecule has 0 bridgehead atoms. The zero-order valence-electron chi connectivity index (χ0n) is 16.7. The standard InChI is InChI=1S/C21H24N2O5S/c1-12-18(14(3)24)13(2)22-19(12)16(25)11-28-21(27)15-6-8-23(9-7-15)20(26)17-5-4-10-29-17/h4-5,10,15,22H,6-9,11H2,1-3H3. The van der Waals surface area contributed by atoms with Gasteiger partial charge in [0, 0.05) is 24.3 Å². The van der Waals surface area contributed by atoms with Gasteiger partial charge in [-0.3, -0.25) is 19.2 Å². The van der Waals surface area contributed by atoms with E-state index in [9.17, 15) is 19.2 Å². The number of aryl methyl sites for hydroxylation is 1. The topological polar surface area (TPSA) is 96.5 Å². The SMILES string of the molecule is CC(=O)c1c(C)[nH]c(C(=O)COC(=O)C2CCN(C(=O)c3cccs3)CC2)c1C. The maximum Gasteiger partial charge on any atom is 0.309 e. The smallest absolute Gasteiger partial charge is 0.309 e. The van der Waals surface area contributed by atoms with E-state index < -0.39 is 5.97 Å². The number of esters is 1. The van der Waals surface area contributed by atoms with E-state index in [1.165, 1.54) is 18.3 Å². The molecule has 1 saturated heterocycles. The number of ether oxygens (including phenoxy) is 1. The fourth-order valence-corrected chi connectivity index (χ4v) is 4.45. The molecule has 2 aromatic heterocycles. The molecule has 3 rings (SSSR count). The van der Waals surface area contributed by atoms with E-state index in [2.05, 4.69) is 4.98 Å². The van der Waals surface area contributed by atoms with E-state index in [0.717, 1.165) is 0 Å². The van der Waals surface area contributed by atoms with Gasteiger partial charge in [0.2, 0.25) is 5.78 Å². The molecule has 0 spiro atoms.